The largest absolute Gasteiger partial charge is 0.348 e. The Morgan fingerprint density at radius 2 is 1.82 bits per heavy atom. The predicted octanol–water partition coefficient (Wildman–Crippen LogP) is 4.54. The third-order valence-corrected chi connectivity index (χ3v) is 6.81. The number of benzene rings is 2. The van der Waals surface area contributed by atoms with E-state index in [9.17, 15) is 4.79 Å². The zero-order valence-corrected chi connectivity index (χ0v) is 19.4. The maximum atomic E-state index is 13.5. The Kier molecular flexibility index (Phi) is 6.17. The van der Waals surface area contributed by atoms with E-state index < -0.39 is 0 Å². The van der Waals surface area contributed by atoms with Crippen LogP contribution in [0.4, 0.5) is 10.8 Å². The zero-order valence-electron chi connectivity index (χ0n) is 18.6. The molecule has 0 aliphatic carbocycles. The maximum absolute atomic E-state index is 13.5. The van der Waals surface area contributed by atoms with Crippen LogP contribution in [0.1, 0.15) is 39.3 Å². The van der Waals surface area contributed by atoms with Crippen LogP contribution < -0.4 is 9.80 Å². The number of carbonyl (C=O) groups excluding carboxylic acids is 1. The van der Waals surface area contributed by atoms with Crippen LogP contribution in [0.3, 0.4) is 0 Å². The first-order chi connectivity index (χ1) is 16.2. The number of amides is 1. The van der Waals surface area contributed by atoms with E-state index in [0.717, 1.165) is 39.9 Å². The number of hydrogen-bond donors (Lipinski definition) is 0. The van der Waals surface area contributed by atoms with Crippen LogP contribution in [0.15, 0.2) is 67.0 Å². The molecule has 1 fully saturated rings. The Balaban J connectivity index is 1.38. The van der Waals surface area contributed by atoms with Gasteiger partial charge in [0.25, 0.3) is 5.91 Å². The number of hydrogen-bond acceptors (Lipinski definition) is 6. The summed E-state index contributed by atoms with van der Waals surface area (Å²) in [6, 6.07) is 18.0. The molecule has 0 saturated carbocycles. The molecule has 1 saturated heterocycles. The summed E-state index contributed by atoms with van der Waals surface area (Å²) >= 11 is 1.66. The standard InChI is InChI=1S/C25H26N6OS/c1-19-9-11-21(12-10-19)31(17-22-15-26-25(33-22)29-13-5-6-14-29)24(32)23-18-30(28-27-23)16-20-7-3-2-4-8-20/h2-4,7-12,15,18H,5-6,13-14,16-17H2,1H3. The fourth-order valence-corrected chi connectivity index (χ4v) is 4.92. The van der Waals surface area contributed by atoms with Crippen molar-refractivity contribution in [1.29, 1.82) is 0 Å². The van der Waals surface area contributed by atoms with Crippen LogP contribution >= 0.6 is 11.3 Å². The zero-order chi connectivity index (χ0) is 22.6. The molecule has 2 aromatic carbocycles. The summed E-state index contributed by atoms with van der Waals surface area (Å²) < 4.78 is 1.70. The van der Waals surface area contributed by atoms with E-state index in [1.54, 1.807) is 27.1 Å². The highest BCUT2D eigenvalue weighted by molar-refractivity contribution is 7.15. The topological polar surface area (TPSA) is 67.2 Å². The molecule has 0 spiro atoms. The van der Waals surface area contributed by atoms with Gasteiger partial charge in [-0.25, -0.2) is 9.67 Å². The highest BCUT2D eigenvalue weighted by Gasteiger charge is 2.23. The van der Waals surface area contributed by atoms with Gasteiger partial charge in [-0.1, -0.05) is 53.2 Å². The first kappa shape index (κ1) is 21.3. The number of carbonyl (C=O) groups is 1. The molecule has 1 aliphatic heterocycles. The first-order valence-electron chi connectivity index (χ1n) is 11.2. The number of aryl methyl sites for hydroxylation is 1. The van der Waals surface area contributed by atoms with E-state index >= 15 is 0 Å². The van der Waals surface area contributed by atoms with Gasteiger partial charge in [0, 0.05) is 29.9 Å². The number of aromatic nitrogens is 4. The Morgan fingerprint density at radius 1 is 1.06 bits per heavy atom. The van der Waals surface area contributed by atoms with Crippen molar-refractivity contribution in [2.24, 2.45) is 0 Å². The van der Waals surface area contributed by atoms with Gasteiger partial charge in [-0.15, -0.1) is 16.4 Å². The molecular formula is C25H26N6OS. The van der Waals surface area contributed by atoms with Crippen molar-refractivity contribution in [3.63, 3.8) is 0 Å². The van der Waals surface area contributed by atoms with Crippen molar-refractivity contribution >= 4 is 28.1 Å². The van der Waals surface area contributed by atoms with Crippen molar-refractivity contribution < 1.29 is 4.79 Å². The molecule has 1 amide bonds. The second-order valence-corrected chi connectivity index (χ2v) is 9.41. The molecule has 4 aromatic rings. The molecule has 33 heavy (non-hydrogen) atoms. The van der Waals surface area contributed by atoms with Gasteiger partial charge in [-0.3, -0.25) is 4.79 Å². The molecule has 5 rings (SSSR count). The average molecular weight is 459 g/mol. The molecule has 0 unspecified atom stereocenters. The molecule has 2 aromatic heterocycles. The van der Waals surface area contributed by atoms with Crippen LogP contribution in [0.25, 0.3) is 0 Å². The number of rotatable bonds is 7. The summed E-state index contributed by atoms with van der Waals surface area (Å²) in [4.78, 5) is 23.3. The molecule has 0 bridgehead atoms. The summed E-state index contributed by atoms with van der Waals surface area (Å²) in [6.07, 6.45) is 6.03. The first-order valence-corrected chi connectivity index (χ1v) is 12.0. The van der Waals surface area contributed by atoms with Gasteiger partial charge >= 0.3 is 0 Å². The van der Waals surface area contributed by atoms with Crippen LogP contribution in [-0.4, -0.2) is 39.0 Å². The minimum atomic E-state index is -0.172. The Bertz CT molecular complexity index is 1210. The third kappa shape index (κ3) is 4.96. The van der Waals surface area contributed by atoms with Crippen molar-refractivity contribution in [3.8, 4) is 0 Å². The van der Waals surface area contributed by atoms with Crippen LogP contribution in [-0.2, 0) is 13.1 Å². The van der Waals surface area contributed by atoms with Crippen LogP contribution in [0.5, 0.6) is 0 Å². The second-order valence-electron chi connectivity index (χ2n) is 8.32. The molecule has 168 valence electrons. The summed E-state index contributed by atoms with van der Waals surface area (Å²) in [7, 11) is 0. The highest BCUT2D eigenvalue weighted by Crippen LogP contribution is 2.28. The Hall–Kier alpha value is -3.52. The van der Waals surface area contributed by atoms with E-state index in [1.165, 1.54) is 12.8 Å². The Morgan fingerprint density at radius 3 is 2.58 bits per heavy atom. The van der Waals surface area contributed by atoms with Gasteiger partial charge in [-0.2, -0.15) is 0 Å². The maximum Gasteiger partial charge on any atom is 0.280 e. The lowest BCUT2D eigenvalue weighted by molar-refractivity contribution is 0.0980. The van der Waals surface area contributed by atoms with Crippen molar-refractivity contribution in [2.75, 3.05) is 22.9 Å². The summed E-state index contributed by atoms with van der Waals surface area (Å²) in [6.45, 7) is 5.16. The smallest absolute Gasteiger partial charge is 0.280 e. The summed E-state index contributed by atoms with van der Waals surface area (Å²) in [5.41, 5.74) is 3.42. The lowest BCUT2D eigenvalue weighted by atomic mass is 10.2. The van der Waals surface area contributed by atoms with Gasteiger partial charge in [0.1, 0.15) is 0 Å². The van der Waals surface area contributed by atoms with Gasteiger partial charge in [0.05, 0.1) is 19.3 Å². The average Bonchev–Trinajstić information content (AvgIpc) is 3.60. The Labute approximate surface area is 197 Å². The molecule has 1 aliphatic rings. The number of nitrogens with zero attached hydrogens (tertiary/aromatic N) is 6. The highest BCUT2D eigenvalue weighted by atomic mass is 32.1. The molecule has 0 radical (unpaired) electrons. The lowest BCUT2D eigenvalue weighted by Crippen LogP contribution is -2.30. The normalized spacial score (nSPS) is 13.4. The van der Waals surface area contributed by atoms with E-state index in [0.29, 0.717) is 18.8 Å². The van der Waals surface area contributed by atoms with Crippen molar-refractivity contribution in [1.82, 2.24) is 20.0 Å². The molecule has 0 atom stereocenters. The fourth-order valence-electron chi connectivity index (χ4n) is 3.97. The lowest BCUT2D eigenvalue weighted by Gasteiger charge is -2.21. The van der Waals surface area contributed by atoms with Crippen molar-refractivity contribution in [3.05, 3.63) is 88.7 Å². The fraction of sp³-hybridized carbons (Fsp3) is 0.280. The molecule has 8 heteroatoms. The molecule has 0 N–H and O–H groups in total. The molecule has 7 nitrogen and oxygen atoms in total. The quantitative estimate of drug-likeness (QED) is 0.407. The third-order valence-electron chi connectivity index (χ3n) is 5.77. The minimum absolute atomic E-state index is 0.172. The number of thiazole rings is 1. The van der Waals surface area contributed by atoms with E-state index in [-0.39, 0.29) is 5.91 Å². The summed E-state index contributed by atoms with van der Waals surface area (Å²) in [5.74, 6) is -0.172. The monoisotopic (exact) mass is 458 g/mol. The van der Waals surface area contributed by atoms with Gasteiger partial charge < -0.3 is 9.80 Å². The second kappa shape index (κ2) is 9.54. The van der Waals surface area contributed by atoms with Gasteiger partial charge in [0.15, 0.2) is 10.8 Å². The minimum Gasteiger partial charge on any atom is -0.348 e. The van der Waals surface area contributed by atoms with E-state index in [1.807, 2.05) is 67.7 Å². The van der Waals surface area contributed by atoms with Gasteiger partial charge in [-0.05, 0) is 37.5 Å². The van der Waals surface area contributed by atoms with Crippen LogP contribution in [0.2, 0.25) is 0 Å². The molecule has 3 heterocycles. The molecular weight excluding hydrogens is 432 g/mol. The van der Waals surface area contributed by atoms with Crippen LogP contribution in [0, 0.1) is 6.92 Å². The SMILES string of the molecule is Cc1ccc(N(Cc2cnc(N3CCCC3)s2)C(=O)c2cn(Cc3ccccc3)nn2)cc1. The van der Waals surface area contributed by atoms with E-state index in [2.05, 4.69) is 20.2 Å². The van der Waals surface area contributed by atoms with E-state index in [4.69, 9.17) is 0 Å². The van der Waals surface area contributed by atoms with Gasteiger partial charge in [0.2, 0.25) is 0 Å². The predicted molar refractivity (Wildman–Crippen MR) is 131 cm³/mol. The van der Waals surface area contributed by atoms with Crippen molar-refractivity contribution in [2.45, 2.75) is 32.9 Å². The number of anilines is 2. The summed E-state index contributed by atoms with van der Waals surface area (Å²) in [5, 5.41) is 9.41.